The number of oxazole rings is 1. The summed E-state index contributed by atoms with van der Waals surface area (Å²) in [6.07, 6.45) is 4.35. The van der Waals surface area contributed by atoms with Crippen LogP contribution in [0.1, 0.15) is 39.5 Å². The minimum absolute atomic E-state index is 0.155. The van der Waals surface area contributed by atoms with Crippen molar-refractivity contribution < 1.29 is 9.21 Å². The van der Waals surface area contributed by atoms with Gasteiger partial charge < -0.3 is 14.2 Å². The monoisotopic (exact) mass is 398 g/mol. The zero-order chi connectivity index (χ0) is 20.4. The van der Waals surface area contributed by atoms with Gasteiger partial charge in [-0.3, -0.25) is 9.69 Å². The first-order valence-corrected chi connectivity index (χ1v) is 11.1. The Hall–Kier alpha value is -2.08. The van der Waals surface area contributed by atoms with E-state index in [2.05, 4.69) is 28.6 Å². The molecular formula is C23H34N4O2. The summed E-state index contributed by atoms with van der Waals surface area (Å²) in [6.45, 7) is 9.13. The number of hydrogen-bond acceptors (Lipinski definition) is 5. The Kier molecular flexibility index (Phi) is 6.09. The number of aromatic nitrogens is 1. The van der Waals surface area contributed by atoms with Gasteiger partial charge in [-0.2, -0.15) is 4.98 Å². The van der Waals surface area contributed by atoms with Gasteiger partial charge in [-0.15, -0.1) is 0 Å². The maximum absolute atomic E-state index is 12.9. The highest BCUT2D eigenvalue weighted by molar-refractivity contribution is 5.79. The molecule has 0 N–H and O–H groups in total. The summed E-state index contributed by atoms with van der Waals surface area (Å²) < 4.78 is 5.95. The first-order chi connectivity index (χ1) is 14.0. The predicted octanol–water partition coefficient (Wildman–Crippen LogP) is 3.62. The summed E-state index contributed by atoms with van der Waals surface area (Å²) in [7, 11) is 1.96. The van der Waals surface area contributed by atoms with Crippen molar-refractivity contribution in [3.05, 3.63) is 24.3 Å². The Morgan fingerprint density at radius 3 is 2.69 bits per heavy atom. The molecule has 1 aromatic heterocycles. The molecule has 1 aromatic carbocycles. The fourth-order valence-electron chi connectivity index (χ4n) is 4.91. The third-order valence-electron chi connectivity index (χ3n) is 6.35. The Labute approximate surface area is 173 Å². The second-order valence-corrected chi connectivity index (χ2v) is 9.13. The summed E-state index contributed by atoms with van der Waals surface area (Å²) in [5.74, 6) is 0.995. The van der Waals surface area contributed by atoms with Crippen LogP contribution in [-0.4, -0.2) is 66.5 Å². The van der Waals surface area contributed by atoms with Crippen LogP contribution in [0.4, 0.5) is 6.01 Å². The number of anilines is 1. The van der Waals surface area contributed by atoms with Crippen LogP contribution in [0.2, 0.25) is 0 Å². The van der Waals surface area contributed by atoms with E-state index < -0.39 is 0 Å². The summed E-state index contributed by atoms with van der Waals surface area (Å²) >= 11 is 0. The van der Waals surface area contributed by atoms with Gasteiger partial charge in [0.1, 0.15) is 5.52 Å². The fourth-order valence-corrected chi connectivity index (χ4v) is 4.91. The van der Waals surface area contributed by atoms with E-state index in [1.165, 1.54) is 0 Å². The van der Waals surface area contributed by atoms with Crippen molar-refractivity contribution in [3.8, 4) is 0 Å². The number of rotatable bonds is 5. The first kappa shape index (κ1) is 20.2. The van der Waals surface area contributed by atoms with Gasteiger partial charge in [-0.05, 0) is 50.3 Å². The zero-order valence-electron chi connectivity index (χ0n) is 18.0. The molecule has 1 atom stereocenters. The average Bonchev–Trinajstić information content (AvgIpc) is 3.17. The molecule has 2 fully saturated rings. The fraction of sp³-hybridized carbons (Fsp3) is 0.652. The van der Waals surface area contributed by atoms with Gasteiger partial charge >= 0.3 is 0 Å². The molecule has 6 nitrogen and oxygen atoms in total. The molecule has 29 heavy (non-hydrogen) atoms. The van der Waals surface area contributed by atoms with Crippen LogP contribution in [0.25, 0.3) is 11.1 Å². The third-order valence-corrected chi connectivity index (χ3v) is 6.35. The van der Waals surface area contributed by atoms with E-state index in [1.54, 1.807) is 0 Å². The Bertz CT molecular complexity index is 792. The lowest BCUT2D eigenvalue weighted by atomic mass is 9.93. The van der Waals surface area contributed by atoms with Crippen LogP contribution in [0.15, 0.2) is 28.7 Å². The summed E-state index contributed by atoms with van der Waals surface area (Å²) in [4.78, 5) is 24.3. The lowest BCUT2D eigenvalue weighted by Gasteiger charge is -2.42. The second kappa shape index (κ2) is 8.74. The van der Waals surface area contributed by atoms with Gasteiger partial charge in [0.15, 0.2) is 5.58 Å². The van der Waals surface area contributed by atoms with Crippen molar-refractivity contribution in [1.29, 1.82) is 0 Å². The molecule has 1 amide bonds. The Balaban J connectivity index is 1.32. The molecule has 1 unspecified atom stereocenters. The van der Waals surface area contributed by atoms with Crippen LogP contribution in [0.3, 0.4) is 0 Å². The average molecular weight is 399 g/mol. The summed E-state index contributed by atoms with van der Waals surface area (Å²) in [5, 5.41) is 0. The Morgan fingerprint density at radius 2 is 1.97 bits per heavy atom. The lowest BCUT2D eigenvalue weighted by molar-refractivity contribution is -0.136. The van der Waals surface area contributed by atoms with Crippen molar-refractivity contribution in [2.45, 2.75) is 45.6 Å². The quantitative estimate of drug-likeness (QED) is 0.770. The van der Waals surface area contributed by atoms with Crippen molar-refractivity contribution >= 4 is 23.0 Å². The van der Waals surface area contributed by atoms with Crippen LogP contribution in [0, 0.1) is 11.8 Å². The molecular weight excluding hydrogens is 364 g/mol. The second-order valence-electron chi connectivity index (χ2n) is 9.13. The molecule has 6 heteroatoms. The maximum atomic E-state index is 12.9. The molecule has 4 rings (SSSR count). The van der Waals surface area contributed by atoms with E-state index in [0.717, 1.165) is 75.5 Å². The number of likely N-dealkylation sites (tertiary alicyclic amines) is 1. The maximum Gasteiger partial charge on any atom is 0.298 e. The number of amides is 1. The number of fused-ring (bicyclic) bond motifs is 1. The van der Waals surface area contributed by atoms with Gasteiger partial charge in [0.05, 0.1) is 5.92 Å². The number of hydrogen-bond donors (Lipinski definition) is 0. The molecule has 0 radical (unpaired) electrons. The van der Waals surface area contributed by atoms with E-state index in [1.807, 2.05) is 36.2 Å². The number of nitrogens with zero attached hydrogens (tertiary/aromatic N) is 4. The van der Waals surface area contributed by atoms with Gasteiger partial charge in [0.2, 0.25) is 5.91 Å². The lowest BCUT2D eigenvalue weighted by Crippen LogP contribution is -2.51. The molecule has 0 saturated carbocycles. The smallest absolute Gasteiger partial charge is 0.298 e. The van der Waals surface area contributed by atoms with E-state index >= 15 is 0 Å². The highest BCUT2D eigenvalue weighted by atomic mass is 16.4. The standard InChI is InChI=1S/C23H34N4O2/c1-17(2)15-25(3)22(28)18-7-6-12-27(16-18)19-10-13-26(14-11-19)23-24-20-8-4-5-9-21(20)29-23/h4-5,8-9,17-19H,6-7,10-16H2,1-3H3. The first-order valence-electron chi connectivity index (χ1n) is 11.1. The highest BCUT2D eigenvalue weighted by Gasteiger charge is 2.33. The van der Waals surface area contributed by atoms with Crippen molar-refractivity contribution in [2.75, 3.05) is 44.7 Å². The summed E-state index contributed by atoms with van der Waals surface area (Å²) in [5.41, 5.74) is 1.78. The predicted molar refractivity (Wildman–Crippen MR) is 116 cm³/mol. The zero-order valence-corrected chi connectivity index (χ0v) is 18.0. The van der Waals surface area contributed by atoms with Crippen LogP contribution in [0.5, 0.6) is 0 Å². The highest BCUT2D eigenvalue weighted by Crippen LogP contribution is 2.28. The van der Waals surface area contributed by atoms with Gasteiger partial charge in [0, 0.05) is 39.3 Å². The van der Waals surface area contributed by atoms with Gasteiger partial charge in [-0.1, -0.05) is 26.0 Å². The van der Waals surface area contributed by atoms with Crippen molar-refractivity contribution in [1.82, 2.24) is 14.8 Å². The van der Waals surface area contributed by atoms with E-state index in [-0.39, 0.29) is 5.92 Å². The molecule has 3 heterocycles. The molecule has 0 bridgehead atoms. The molecule has 2 aliphatic heterocycles. The topological polar surface area (TPSA) is 52.8 Å². The summed E-state index contributed by atoms with van der Waals surface area (Å²) in [6, 6.07) is 9.24. The molecule has 158 valence electrons. The number of para-hydroxylation sites is 2. The van der Waals surface area contributed by atoms with Gasteiger partial charge in [0.25, 0.3) is 6.01 Å². The molecule has 2 aliphatic rings. The van der Waals surface area contributed by atoms with Crippen LogP contribution >= 0.6 is 0 Å². The van der Waals surface area contributed by atoms with Crippen molar-refractivity contribution in [3.63, 3.8) is 0 Å². The molecule has 0 spiro atoms. The molecule has 2 saturated heterocycles. The minimum atomic E-state index is 0.155. The minimum Gasteiger partial charge on any atom is -0.423 e. The van der Waals surface area contributed by atoms with Crippen LogP contribution in [-0.2, 0) is 4.79 Å². The number of piperidine rings is 2. The molecule has 2 aromatic rings. The number of carbonyl (C=O) groups is 1. The van der Waals surface area contributed by atoms with Crippen LogP contribution < -0.4 is 4.90 Å². The normalized spacial score (nSPS) is 21.8. The van der Waals surface area contributed by atoms with E-state index in [9.17, 15) is 4.79 Å². The number of benzene rings is 1. The van der Waals surface area contributed by atoms with E-state index in [0.29, 0.717) is 17.9 Å². The van der Waals surface area contributed by atoms with Crippen molar-refractivity contribution in [2.24, 2.45) is 11.8 Å². The van der Waals surface area contributed by atoms with E-state index in [4.69, 9.17) is 4.42 Å². The third kappa shape index (κ3) is 4.58. The SMILES string of the molecule is CC(C)CN(C)C(=O)C1CCCN(C2CCN(c3nc4ccccc4o3)CC2)C1. The Morgan fingerprint density at radius 1 is 1.21 bits per heavy atom. The van der Waals surface area contributed by atoms with Gasteiger partial charge in [-0.25, -0.2) is 0 Å². The largest absolute Gasteiger partial charge is 0.423 e. The number of carbonyl (C=O) groups excluding carboxylic acids is 1. The molecule has 0 aliphatic carbocycles.